The first kappa shape index (κ1) is 22.2. The molecule has 1 atom stereocenters. The Morgan fingerprint density at radius 3 is 2.32 bits per heavy atom. The van der Waals surface area contributed by atoms with E-state index in [2.05, 4.69) is 5.32 Å². The Labute approximate surface area is 183 Å². The van der Waals surface area contributed by atoms with Gasteiger partial charge in [0.1, 0.15) is 5.75 Å². The number of anilines is 1. The minimum Gasteiger partial charge on any atom is -0.493 e. The van der Waals surface area contributed by atoms with E-state index >= 15 is 0 Å². The number of amides is 1. The standard InChI is InChI=1S/C25H28N2O4/c1-27(16-15-19-13-14-23(29-2)24(17-19)30-3)18-25(28)26-21-11-7-8-12-22(21)31-20-9-5-4-6-10-20/h4-14,17H,15-16,18H2,1-3H3,(H,26,28)/p+1. The molecule has 3 aromatic rings. The van der Waals surface area contributed by atoms with Crippen LogP contribution in [0.3, 0.4) is 0 Å². The fourth-order valence-electron chi connectivity index (χ4n) is 3.23. The molecular weight excluding hydrogens is 392 g/mol. The van der Waals surface area contributed by atoms with Crippen molar-refractivity contribution in [3.8, 4) is 23.0 Å². The zero-order chi connectivity index (χ0) is 22.1. The highest BCUT2D eigenvalue weighted by Gasteiger charge is 2.14. The highest BCUT2D eigenvalue weighted by atomic mass is 16.5. The van der Waals surface area contributed by atoms with Gasteiger partial charge in [-0.1, -0.05) is 36.4 Å². The summed E-state index contributed by atoms with van der Waals surface area (Å²) in [5.41, 5.74) is 1.79. The molecule has 3 aromatic carbocycles. The molecule has 1 amide bonds. The van der Waals surface area contributed by atoms with E-state index in [1.54, 1.807) is 14.2 Å². The van der Waals surface area contributed by atoms with E-state index in [9.17, 15) is 4.79 Å². The van der Waals surface area contributed by atoms with Gasteiger partial charge in [-0.3, -0.25) is 4.79 Å². The van der Waals surface area contributed by atoms with Crippen LogP contribution in [0.25, 0.3) is 0 Å². The molecule has 31 heavy (non-hydrogen) atoms. The number of hydrogen-bond acceptors (Lipinski definition) is 4. The Balaban J connectivity index is 1.54. The van der Waals surface area contributed by atoms with Crippen LogP contribution in [0.1, 0.15) is 5.56 Å². The maximum atomic E-state index is 12.6. The number of carbonyl (C=O) groups is 1. The van der Waals surface area contributed by atoms with E-state index < -0.39 is 0 Å². The van der Waals surface area contributed by atoms with Gasteiger partial charge >= 0.3 is 0 Å². The molecule has 0 aliphatic heterocycles. The van der Waals surface area contributed by atoms with Crippen molar-refractivity contribution < 1.29 is 23.9 Å². The summed E-state index contributed by atoms with van der Waals surface area (Å²) in [6.07, 6.45) is 0.827. The molecule has 0 fully saturated rings. The average Bonchev–Trinajstić information content (AvgIpc) is 2.79. The summed E-state index contributed by atoms with van der Waals surface area (Å²) in [7, 11) is 5.26. The number of nitrogens with one attached hydrogen (secondary N) is 2. The highest BCUT2D eigenvalue weighted by molar-refractivity contribution is 5.93. The lowest BCUT2D eigenvalue weighted by atomic mass is 10.1. The number of ether oxygens (including phenoxy) is 3. The summed E-state index contributed by atoms with van der Waals surface area (Å²) in [6, 6.07) is 22.9. The van der Waals surface area contributed by atoms with Gasteiger partial charge in [0.25, 0.3) is 5.91 Å². The Kier molecular flexibility index (Phi) is 7.90. The van der Waals surface area contributed by atoms with E-state index in [4.69, 9.17) is 14.2 Å². The number of methoxy groups -OCH3 is 2. The Morgan fingerprint density at radius 1 is 0.871 bits per heavy atom. The van der Waals surface area contributed by atoms with Crippen LogP contribution in [0.5, 0.6) is 23.0 Å². The third kappa shape index (κ3) is 6.49. The first-order valence-electron chi connectivity index (χ1n) is 10.2. The molecule has 0 spiro atoms. The normalized spacial score (nSPS) is 11.5. The lowest BCUT2D eigenvalue weighted by Gasteiger charge is -2.16. The molecule has 0 aromatic heterocycles. The minimum atomic E-state index is -0.0612. The van der Waals surface area contributed by atoms with E-state index in [-0.39, 0.29) is 5.91 Å². The highest BCUT2D eigenvalue weighted by Crippen LogP contribution is 2.29. The number of hydrogen-bond donors (Lipinski definition) is 2. The predicted octanol–water partition coefficient (Wildman–Crippen LogP) is 3.19. The molecule has 0 aliphatic carbocycles. The lowest BCUT2D eigenvalue weighted by molar-refractivity contribution is -0.870. The van der Waals surface area contributed by atoms with E-state index in [1.807, 2.05) is 79.8 Å². The van der Waals surface area contributed by atoms with E-state index in [1.165, 1.54) is 0 Å². The van der Waals surface area contributed by atoms with Crippen LogP contribution in [0, 0.1) is 0 Å². The molecule has 3 rings (SSSR count). The smallest absolute Gasteiger partial charge is 0.279 e. The van der Waals surface area contributed by atoms with Crippen LogP contribution >= 0.6 is 0 Å². The fraction of sp³-hybridized carbons (Fsp3) is 0.240. The zero-order valence-corrected chi connectivity index (χ0v) is 18.2. The maximum Gasteiger partial charge on any atom is 0.279 e. The molecule has 0 saturated carbocycles. The van der Waals surface area contributed by atoms with Gasteiger partial charge in [0.15, 0.2) is 23.8 Å². The second-order valence-corrected chi connectivity index (χ2v) is 7.28. The summed E-state index contributed by atoms with van der Waals surface area (Å²) >= 11 is 0. The van der Waals surface area contributed by atoms with E-state index in [0.29, 0.717) is 29.5 Å². The molecular formula is C25H29N2O4+. The molecule has 2 N–H and O–H groups in total. The molecule has 0 radical (unpaired) electrons. The van der Waals surface area contributed by atoms with Crippen LogP contribution in [0.15, 0.2) is 72.8 Å². The van der Waals surface area contributed by atoms with Gasteiger partial charge in [-0.25, -0.2) is 0 Å². The van der Waals surface area contributed by atoms with Gasteiger partial charge in [0, 0.05) is 6.42 Å². The van der Waals surface area contributed by atoms with Crippen molar-refractivity contribution in [1.82, 2.24) is 0 Å². The molecule has 6 nitrogen and oxygen atoms in total. The largest absolute Gasteiger partial charge is 0.493 e. The number of likely N-dealkylation sites (N-methyl/N-ethyl adjacent to an activating group) is 1. The van der Waals surface area contributed by atoms with Crippen molar-refractivity contribution in [3.05, 3.63) is 78.4 Å². The zero-order valence-electron chi connectivity index (χ0n) is 18.2. The van der Waals surface area contributed by atoms with Crippen molar-refractivity contribution in [3.63, 3.8) is 0 Å². The maximum absolute atomic E-state index is 12.6. The fourth-order valence-corrected chi connectivity index (χ4v) is 3.23. The van der Waals surface area contributed by atoms with Crippen molar-refractivity contribution in [2.45, 2.75) is 6.42 Å². The number of rotatable bonds is 10. The number of carbonyl (C=O) groups excluding carboxylic acids is 1. The molecule has 0 heterocycles. The predicted molar refractivity (Wildman–Crippen MR) is 121 cm³/mol. The molecule has 0 aliphatic rings. The second kappa shape index (κ2) is 11.0. The molecule has 1 unspecified atom stereocenters. The van der Waals surface area contributed by atoms with Gasteiger partial charge in [-0.05, 0) is 42.0 Å². The summed E-state index contributed by atoms with van der Waals surface area (Å²) < 4.78 is 16.6. The van der Waals surface area contributed by atoms with Gasteiger partial charge in [-0.15, -0.1) is 0 Å². The monoisotopic (exact) mass is 421 g/mol. The van der Waals surface area contributed by atoms with Crippen molar-refractivity contribution in [2.75, 3.05) is 39.7 Å². The van der Waals surface area contributed by atoms with E-state index in [0.717, 1.165) is 29.2 Å². The summed E-state index contributed by atoms with van der Waals surface area (Å²) in [5, 5.41) is 2.97. The van der Waals surface area contributed by atoms with Crippen LogP contribution in [-0.4, -0.2) is 40.3 Å². The lowest BCUT2D eigenvalue weighted by Crippen LogP contribution is -3.10. The van der Waals surface area contributed by atoms with Crippen LogP contribution < -0.4 is 24.4 Å². The number of quaternary nitrogens is 1. The minimum absolute atomic E-state index is 0.0612. The Hall–Kier alpha value is -3.51. The van der Waals surface area contributed by atoms with Gasteiger partial charge in [0.2, 0.25) is 0 Å². The van der Waals surface area contributed by atoms with Crippen LogP contribution in [-0.2, 0) is 11.2 Å². The van der Waals surface area contributed by atoms with Crippen molar-refractivity contribution in [2.24, 2.45) is 0 Å². The van der Waals surface area contributed by atoms with Gasteiger partial charge in [0.05, 0.1) is 33.5 Å². The first-order valence-corrected chi connectivity index (χ1v) is 10.2. The number of benzene rings is 3. The molecule has 0 saturated heterocycles. The molecule has 6 heteroatoms. The third-order valence-corrected chi connectivity index (χ3v) is 4.88. The summed E-state index contributed by atoms with van der Waals surface area (Å²) in [5.74, 6) is 2.70. The van der Waals surface area contributed by atoms with Gasteiger partial charge < -0.3 is 24.4 Å². The number of para-hydroxylation sites is 3. The Morgan fingerprint density at radius 2 is 1.58 bits per heavy atom. The van der Waals surface area contributed by atoms with Crippen molar-refractivity contribution >= 4 is 11.6 Å². The van der Waals surface area contributed by atoms with Gasteiger partial charge in [-0.2, -0.15) is 0 Å². The average molecular weight is 422 g/mol. The van der Waals surface area contributed by atoms with Crippen LogP contribution in [0.4, 0.5) is 5.69 Å². The molecule has 162 valence electrons. The topological polar surface area (TPSA) is 61.2 Å². The second-order valence-electron chi connectivity index (χ2n) is 7.28. The van der Waals surface area contributed by atoms with Crippen molar-refractivity contribution in [1.29, 1.82) is 0 Å². The third-order valence-electron chi connectivity index (χ3n) is 4.88. The first-order chi connectivity index (χ1) is 15.1. The quantitative estimate of drug-likeness (QED) is 0.528. The van der Waals surface area contributed by atoms with Crippen LogP contribution in [0.2, 0.25) is 0 Å². The Bertz CT molecular complexity index is 992. The summed E-state index contributed by atoms with van der Waals surface area (Å²) in [4.78, 5) is 13.7. The summed E-state index contributed by atoms with van der Waals surface area (Å²) in [6.45, 7) is 1.16. The SMILES string of the molecule is COc1ccc(CC[NH+](C)CC(=O)Nc2ccccc2Oc2ccccc2)cc1OC. The molecule has 0 bridgehead atoms.